The third-order valence-electron chi connectivity index (χ3n) is 8.66. The van der Waals surface area contributed by atoms with E-state index in [1.54, 1.807) is 30.1 Å². The molecule has 0 amide bonds. The maximum absolute atomic E-state index is 12.5. The van der Waals surface area contributed by atoms with E-state index in [2.05, 4.69) is 76.3 Å². The number of hydrogen-bond acceptors (Lipinski definition) is 24. The first kappa shape index (κ1) is 79.3. The molecule has 4 aromatic carbocycles. The standard InChI is InChI=1S/C38H36N12O12S4.8Na/c1-4-49(2)37-45-33(39-26-8-6-5-7-9-26)43-35(46-37)41-28-17-14-25(32(22-28)66(60,61)62)13-10-24-11-15-27(16-12-24)40-34-44-36(48-38(47-34)50(3)20-21-63(51,52)53)42-30-23-29(64(54,55)56)18-19-31(30)65(57,58)59;;;;;;;;/h5-6,9-11,13-19,22-23H,1,4,20-21H2,2-3H3,(H,51,52,53)(H,54,55,56)(H,57,58,59)(H,60,61,62)(H2,39,41,43,45,46)(H2,40,42,44,47,48);;;;;;;;/q-4;8*+1/p-4/b13-10+;;;;;;;;. The molecule has 36 heteroatoms. The van der Waals surface area contributed by atoms with Crippen LogP contribution in [0.4, 0.5) is 58.4 Å². The number of anilines is 10. The maximum atomic E-state index is 12.5. The number of hydrogen-bond donors (Lipinski definition) is 4. The van der Waals surface area contributed by atoms with E-state index < -0.39 is 79.1 Å². The van der Waals surface area contributed by atoms with Crippen LogP contribution >= 0.6 is 0 Å². The first-order valence-corrected chi connectivity index (χ1v) is 24.2. The number of benzene rings is 4. The molecule has 6 rings (SSSR count). The van der Waals surface area contributed by atoms with Gasteiger partial charge < -0.3 is 62.3 Å². The largest absolute Gasteiger partial charge is 1.00 e. The van der Waals surface area contributed by atoms with Crippen LogP contribution in [0.25, 0.3) is 12.2 Å². The van der Waals surface area contributed by atoms with E-state index in [0.29, 0.717) is 36.0 Å². The summed E-state index contributed by atoms with van der Waals surface area (Å²) in [6, 6.07) is 23.9. The van der Waals surface area contributed by atoms with Gasteiger partial charge in [-0.2, -0.15) is 41.2 Å². The second-order valence-electron chi connectivity index (χ2n) is 13.5. The molecule has 0 aliphatic rings. The Bertz CT molecular complexity index is 3280. The molecule has 0 atom stereocenters. The summed E-state index contributed by atoms with van der Waals surface area (Å²) >= 11 is 0. The van der Waals surface area contributed by atoms with Crippen molar-refractivity contribution >= 4 is 111 Å². The van der Waals surface area contributed by atoms with Gasteiger partial charge in [0.25, 0.3) is 0 Å². The molecule has 0 saturated heterocycles. The molecule has 2 aromatic heterocycles. The van der Waals surface area contributed by atoms with Crippen LogP contribution in [0.15, 0.2) is 87.5 Å². The van der Waals surface area contributed by atoms with Crippen molar-refractivity contribution in [3.05, 3.63) is 109 Å². The zero-order valence-corrected chi connectivity index (χ0v) is 61.3. The van der Waals surface area contributed by atoms with E-state index in [1.807, 2.05) is 0 Å². The van der Waals surface area contributed by atoms with Gasteiger partial charge in [-0.15, -0.1) is 36.9 Å². The average molecular weight is 1160 g/mol. The van der Waals surface area contributed by atoms with E-state index in [-0.39, 0.29) is 283 Å². The Labute approximate surface area is 606 Å². The minimum atomic E-state index is -5.27. The first-order chi connectivity index (χ1) is 30.9. The predicted octanol–water partition coefficient (Wildman–Crippen LogP) is -21.4. The molecular formula is C38H32N12Na8O12S4. The van der Waals surface area contributed by atoms with Crippen LogP contribution in [-0.2, 0) is 40.5 Å². The SMILES string of the molecule is [CH2-]CN(C)c1nc(Nc2[c-]cc[c-]c2)nc(Nc2ccc(/C=C/c3[c-]cc(Nc4nc(Nc5cc(S(=O)(=O)[O-])ccc5S(=O)(=O)[O-])nc(N(C)CCS(=O)(=O)[O-])n4)cc3)c(S(=O)(=O)[O-])c2)n1.[Na+].[Na+].[Na+].[Na+].[Na+].[Na+].[Na+].[Na+]. The molecule has 2 heterocycles. The summed E-state index contributed by atoms with van der Waals surface area (Å²) in [6.07, 6.45) is 2.83. The Morgan fingerprint density at radius 1 is 0.568 bits per heavy atom. The van der Waals surface area contributed by atoms with Crippen molar-refractivity contribution in [1.29, 1.82) is 0 Å². The van der Waals surface area contributed by atoms with E-state index >= 15 is 0 Å². The summed E-state index contributed by atoms with van der Waals surface area (Å²) in [5, 5.41) is 11.1. The fraction of sp³-hybridized carbons (Fsp3) is 0.132. The second-order valence-corrected chi connectivity index (χ2v) is 19.1. The van der Waals surface area contributed by atoms with Gasteiger partial charge in [-0.25, -0.2) is 33.7 Å². The molecule has 0 fully saturated rings. The number of rotatable bonds is 19. The Morgan fingerprint density at radius 2 is 1.11 bits per heavy atom. The Balaban J connectivity index is -0.00000630. The van der Waals surface area contributed by atoms with Gasteiger partial charge in [0.1, 0.15) is 30.4 Å². The maximum Gasteiger partial charge on any atom is 1.00 e. The summed E-state index contributed by atoms with van der Waals surface area (Å²) in [4.78, 5) is 25.8. The molecule has 6 aromatic rings. The normalized spacial score (nSPS) is 10.9. The van der Waals surface area contributed by atoms with Crippen molar-refractivity contribution in [1.82, 2.24) is 29.9 Å². The van der Waals surface area contributed by atoms with Crippen molar-refractivity contribution < 1.29 is 288 Å². The number of nitrogens with zero attached hydrogens (tertiary/aromatic N) is 8. The molecule has 0 spiro atoms. The summed E-state index contributed by atoms with van der Waals surface area (Å²) < 4.78 is 142. The quantitative estimate of drug-likeness (QED) is 0.0253. The third-order valence-corrected chi connectivity index (χ3v) is 12.0. The molecule has 0 saturated carbocycles. The molecule has 348 valence electrons. The molecular weight excluding hydrogens is 1130 g/mol. The molecule has 0 aliphatic heterocycles. The molecule has 0 bridgehead atoms. The van der Waals surface area contributed by atoms with Gasteiger partial charge in [0.2, 0.25) is 35.7 Å². The zero-order valence-electron chi connectivity index (χ0n) is 42.0. The average Bonchev–Trinajstić information content (AvgIpc) is 3.24. The molecule has 74 heavy (non-hydrogen) atoms. The molecule has 0 unspecified atom stereocenters. The van der Waals surface area contributed by atoms with Crippen molar-refractivity contribution in [3.8, 4) is 0 Å². The monoisotopic (exact) mass is 1160 g/mol. The van der Waals surface area contributed by atoms with Crippen LogP contribution in [0.3, 0.4) is 0 Å². The fourth-order valence-electron chi connectivity index (χ4n) is 5.41. The topological polar surface area (TPSA) is 361 Å². The molecule has 24 nitrogen and oxygen atoms in total. The Kier molecular flexibility index (Phi) is 37.7. The van der Waals surface area contributed by atoms with Crippen LogP contribution < -0.4 is 268 Å². The fourth-order valence-corrected chi connectivity index (χ4v) is 7.72. The van der Waals surface area contributed by atoms with E-state index in [4.69, 9.17) is 0 Å². The van der Waals surface area contributed by atoms with E-state index in [1.165, 1.54) is 49.5 Å². The van der Waals surface area contributed by atoms with Crippen LogP contribution in [0, 0.1) is 25.1 Å². The van der Waals surface area contributed by atoms with Crippen molar-refractivity contribution in [3.63, 3.8) is 0 Å². The smallest absolute Gasteiger partial charge is 0.748 e. The summed E-state index contributed by atoms with van der Waals surface area (Å²) in [6.45, 7) is 3.70. The van der Waals surface area contributed by atoms with Gasteiger partial charge in [-0.1, -0.05) is 12.1 Å². The minimum absolute atomic E-state index is 0. The van der Waals surface area contributed by atoms with Gasteiger partial charge >= 0.3 is 236 Å². The molecule has 0 aliphatic carbocycles. The minimum Gasteiger partial charge on any atom is -0.748 e. The van der Waals surface area contributed by atoms with E-state index in [9.17, 15) is 51.9 Å². The van der Waals surface area contributed by atoms with Crippen molar-refractivity contribution in [2.45, 2.75) is 14.7 Å². The first-order valence-electron chi connectivity index (χ1n) is 18.4. The Hall–Kier alpha value is 1.08. The van der Waals surface area contributed by atoms with Gasteiger partial charge in [-0.3, -0.25) is 24.3 Å². The summed E-state index contributed by atoms with van der Waals surface area (Å²) in [5.74, 6) is -1.63. The Morgan fingerprint density at radius 3 is 1.61 bits per heavy atom. The van der Waals surface area contributed by atoms with Gasteiger partial charge in [0.15, 0.2) is 0 Å². The summed E-state index contributed by atoms with van der Waals surface area (Å²) in [7, 11) is -17.1. The van der Waals surface area contributed by atoms with Crippen LogP contribution in [-0.4, -0.2) is 115 Å². The predicted molar refractivity (Wildman–Crippen MR) is 234 cm³/mol. The van der Waals surface area contributed by atoms with Gasteiger partial charge in [0.05, 0.1) is 36.2 Å². The summed E-state index contributed by atoms with van der Waals surface area (Å²) in [5.41, 5.74) is 0.633. The van der Waals surface area contributed by atoms with Gasteiger partial charge in [-0.05, 0) is 41.6 Å². The van der Waals surface area contributed by atoms with Gasteiger partial charge in [0, 0.05) is 26.3 Å². The van der Waals surface area contributed by atoms with E-state index in [0.717, 1.165) is 11.0 Å². The zero-order chi connectivity index (χ0) is 48.0. The number of aromatic nitrogens is 6. The van der Waals surface area contributed by atoms with Crippen LogP contribution in [0.5, 0.6) is 0 Å². The molecule has 0 radical (unpaired) electrons. The van der Waals surface area contributed by atoms with Crippen LogP contribution in [0.1, 0.15) is 11.1 Å². The second kappa shape index (κ2) is 35.2. The molecule has 4 N–H and O–H groups in total. The third kappa shape index (κ3) is 24.7. The number of nitrogens with one attached hydrogen (secondary N) is 4. The van der Waals surface area contributed by atoms with Crippen molar-refractivity contribution in [2.24, 2.45) is 0 Å². The van der Waals surface area contributed by atoms with Crippen LogP contribution in [0.2, 0.25) is 0 Å². The van der Waals surface area contributed by atoms with Crippen molar-refractivity contribution in [2.75, 3.05) is 64.0 Å².